The molecule has 1 aromatic carbocycles. The molecule has 0 aliphatic rings. The van der Waals surface area contributed by atoms with E-state index in [0.29, 0.717) is 5.56 Å². The number of halogens is 3. The van der Waals surface area contributed by atoms with Crippen molar-refractivity contribution in [3.8, 4) is 0 Å². The molecule has 0 radical (unpaired) electrons. The molecule has 0 N–H and O–H groups in total. The normalized spacial score (nSPS) is 12.6. The van der Waals surface area contributed by atoms with Gasteiger partial charge in [-0.05, 0) is 19.1 Å². The number of aromatic nitrogens is 2. The molecule has 0 spiro atoms. The van der Waals surface area contributed by atoms with Crippen LogP contribution in [0.1, 0.15) is 41.5 Å². The summed E-state index contributed by atoms with van der Waals surface area (Å²) in [4.78, 5) is 11.7. The van der Waals surface area contributed by atoms with E-state index >= 15 is 0 Å². The number of carbonyl (C=O) groups is 1. The third-order valence-electron chi connectivity index (χ3n) is 3.39. The van der Waals surface area contributed by atoms with Crippen molar-refractivity contribution in [3.63, 3.8) is 0 Å². The Morgan fingerprint density at radius 3 is 2.74 bits per heavy atom. The van der Waals surface area contributed by atoms with Crippen LogP contribution in [0, 0.1) is 11.6 Å². The van der Waals surface area contributed by atoms with Crippen molar-refractivity contribution in [1.29, 1.82) is 0 Å². The first-order chi connectivity index (χ1) is 10.9. The topological polar surface area (TPSA) is 44.1 Å². The molecule has 7 heteroatoms. The molecule has 23 heavy (non-hydrogen) atoms. The largest absolute Gasteiger partial charge is 0.504 e. The summed E-state index contributed by atoms with van der Waals surface area (Å²) in [5.41, 5.74) is 0.586. The molecular weight excluding hydrogens is 326 g/mol. The van der Waals surface area contributed by atoms with Crippen molar-refractivity contribution in [1.82, 2.24) is 9.78 Å². The van der Waals surface area contributed by atoms with Crippen molar-refractivity contribution in [2.24, 2.45) is 0 Å². The molecular formula is C16H15ClF2N2O2. The summed E-state index contributed by atoms with van der Waals surface area (Å²) in [6.45, 7) is 2.96. The van der Waals surface area contributed by atoms with Crippen LogP contribution in [-0.2, 0) is 4.74 Å². The molecule has 0 saturated heterocycles. The molecule has 0 aliphatic carbocycles. The van der Waals surface area contributed by atoms with Gasteiger partial charge < -0.3 is 4.74 Å². The first kappa shape index (κ1) is 17.1. The summed E-state index contributed by atoms with van der Waals surface area (Å²) in [6.07, 6.45) is 2.85. The van der Waals surface area contributed by atoms with E-state index in [2.05, 4.69) is 5.10 Å². The highest BCUT2D eigenvalue weighted by Gasteiger charge is 2.24. The molecule has 2 aromatic rings. The lowest BCUT2D eigenvalue weighted by Gasteiger charge is -2.15. The van der Waals surface area contributed by atoms with Crippen LogP contribution in [0.3, 0.4) is 0 Å². The minimum Gasteiger partial charge on any atom is -0.504 e. The molecule has 1 atom stereocenters. The molecule has 0 saturated carbocycles. The fourth-order valence-electron chi connectivity index (χ4n) is 2.20. The number of carbonyl (C=O) groups excluding carboxylic acids is 1. The highest BCUT2D eigenvalue weighted by atomic mass is 35.5. The van der Waals surface area contributed by atoms with Crippen LogP contribution >= 0.6 is 11.6 Å². The lowest BCUT2D eigenvalue weighted by Crippen LogP contribution is -2.12. The SMILES string of the molecule is COC=Cc1c(C(C)=O)nn(C(C)c2cccc(F)c2F)c1Cl. The molecule has 1 heterocycles. The molecule has 2 rings (SSSR count). The molecule has 4 nitrogen and oxygen atoms in total. The molecule has 0 bridgehead atoms. The van der Waals surface area contributed by atoms with Crippen molar-refractivity contribution in [2.75, 3.05) is 7.11 Å². The highest BCUT2D eigenvalue weighted by Crippen LogP contribution is 2.30. The zero-order chi connectivity index (χ0) is 17.1. The van der Waals surface area contributed by atoms with Gasteiger partial charge in [0.2, 0.25) is 0 Å². The van der Waals surface area contributed by atoms with Crippen LogP contribution in [0.5, 0.6) is 0 Å². The fourth-order valence-corrected chi connectivity index (χ4v) is 2.54. The standard InChI is InChI=1S/C16H15ClF2N2O2/c1-9(11-5-4-6-13(18)14(11)19)21-16(17)12(7-8-23-3)15(20-21)10(2)22/h4-9H,1-3H3. The number of ether oxygens (including phenoxy) is 1. The van der Waals surface area contributed by atoms with Gasteiger partial charge in [-0.15, -0.1) is 0 Å². The molecule has 0 amide bonds. The Bertz CT molecular complexity index is 772. The van der Waals surface area contributed by atoms with Gasteiger partial charge in [-0.2, -0.15) is 5.10 Å². The lowest BCUT2D eigenvalue weighted by atomic mass is 10.1. The van der Waals surface area contributed by atoms with E-state index in [4.69, 9.17) is 16.3 Å². The van der Waals surface area contributed by atoms with Gasteiger partial charge in [-0.1, -0.05) is 23.7 Å². The van der Waals surface area contributed by atoms with Gasteiger partial charge in [0.1, 0.15) is 10.8 Å². The van der Waals surface area contributed by atoms with E-state index in [0.717, 1.165) is 6.07 Å². The van der Waals surface area contributed by atoms with Gasteiger partial charge in [-0.3, -0.25) is 4.79 Å². The van der Waals surface area contributed by atoms with Gasteiger partial charge in [0.05, 0.1) is 19.4 Å². The lowest BCUT2D eigenvalue weighted by molar-refractivity contribution is 0.101. The molecule has 0 aliphatic heterocycles. The van der Waals surface area contributed by atoms with Gasteiger partial charge in [-0.25, -0.2) is 13.5 Å². The maximum Gasteiger partial charge on any atom is 0.180 e. The zero-order valence-electron chi connectivity index (χ0n) is 12.8. The summed E-state index contributed by atoms with van der Waals surface area (Å²) in [7, 11) is 1.45. The number of hydrogen-bond acceptors (Lipinski definition) is 3. The van der Waals surface area contributed by atoms with Gasteiger partial charge in [0.15, 0.2) is 17.4 Å². The van der Waals surface area contributed by atoms with E-state index in [1.165, 1.54) is 43.2 Å². The van der Waals surface area contributed by atoms with Crippen LogP contribution < -0.4 is 0 Å². The van der Waals surface area contributed by atoms with Gasteiger partial charge >= 0.3 is 0 Å². The maximum absolute atomic E-state index is 14.0. The second kappa shape index (κ2) is 6.91. The fraction of sp³-hybridized carbons (Fsp3) is 0.250. The maximum atomic E-state index is 14.0. The molecule has 1 aromatic heterocycles. The van der Waals surface area contributed by atoms with Crippen LogP contribution in [0.25, 0.3) is 6.08 Å². The van der Waals surface area contributed by atoms with Gasteiger partial charge in [0.25, 0.3) is 0 Å². The number of Topliss-reactive ketones (excluding diaryl/α,β-unsaturated/α-hetero) is 1. The molecule has 0 fully saturated rings. The highest BCUT2D eigenvalue weighted by molar-refractivity contribution is 6.31. The predicted molar refractivity (Wildman–Crippen MR) is 83.5 cm³/mol. The average molecular weight is 341 g/mol. The van der Waals surface area contributed by atoms with Crippen molar-refractivity contribution in [2.45, 2.75) is 19.9 Å². The molecule has 122 valence electrons. The Labute approximate surface area is 137 Å². The van der Waals surface area contributed by atoms with E-state index in [-0.39, 0.29) is 22.2 Å². The second-order valence-corrected chi connectivity index (χ2v) is 5.27. The first-order valence-corrected chi connectivity index (χ1v) is 7.18. The van der Waals surface area contributed by atoms with Gasteiger partial charge in [0, 0.05) is 18.1 Å². The van der Waals surface area contributed by atoms with E-state index in [9.17, 15) is 13.6 Å². The summed E-state index contributed by atoms with van der Waals surface area (Å²) < 4.78 is 33.5. The Balaban J connectivity index is 2.57. The summed E-state index contributed by atoms with van der Waals surface area (Å²) >= 11 is 6.27. The van der Waals surface area contributed by atoms with Crippen LogP contribution in [0.15, 0.2) is 24.5 Å². The Morgan fingerprint density at radius 1 is 1.43 bits per heavy atom. The quantitative estimate of drug-likeness (QED) is 0.604. The van der Waals surface area contributed by atoms with Crippen LogP contribution in [0.2, 0.25) is 5.15 Å². The summed E-state index contributed by atoms with van der Waals surface area (Å²) in [5.74, 6) is -2.22. The summed E-state index contributed by atoms with van der Waals surface area (Å²) in [5, 5.41) is 4.29. The van der Waals surface area contributed by atoms with Crippen molar-refractivity contribution >= 4 is 23.5 Å². The van der Waals surface area contributed by atoms with E-state index in [1.54, 1.807) is 6.92 Å². The number of methoxy groups -OCH3 is 1. The number of hydrogen-bond donors (Lipinski definition) is 0. The monoisotopic (exact) mass is 340 g/mol. The smallest absolute Gasteiger partial charge is 0.180 e. The number of benzene rings is 1. The average Bonchev–Trinajstić information content (AvgIpc) is 2.84. The Kier molecular flexibility index (Phi) is 5.15. The number of rotatable bonds is 5. The van der Waals surface area contributed by atoms with E-state index < -0.39 is 17.7 Å². The minimum atomic E-state index is -0.968. The molecule has 1 unspecified atom stereocenters. The second-order valence-electron chi connectivity index (χ2n) is 4.91. The Hall–Kier alpha value is -2.21. The predicted octanol–water partition coefficient (Wildman–Crippen LogP) is 4.24. The third kappa shape index (κ3) is 3.27. The Morgan fingerprint density at radius 2 is 2.13 bits per heavy atom. The van der Waals surface area contributed by atoms with Crippen LogP contribution in [-0.4, -0.2) is 22.7 Å². The van der Waals surface area contributed by atoms with Crippen molar-refractivity contribution < 1.29 is 18.3 Å². The van der Waals surface area contributed by atoms with E-state index in [1.807, 2.05) is 0 Å². The summed E-state index contributed by atoms with van der Waals surface area (Å²) in [6, 6.07) is 3.18. The first-order valence-electron chi connectivity index (χ1n) is 6.80. The van der Waals surface area contributed by atoms with Crippen LogP contribution in [0.4, 0.5) is 8.78 Å². The van der Waals surface area contributed by atoms with Crippen molar-refractivity contribution in [3.05, 3.63) is 58.1 Å². The zero-order valence-corrected chi connectivity index (χ0v) is 13.6. The minimum absolute atomic E-state index is 0.0896. The number of nitrogens with zero attached hydrogens (tertiary/aromatic N) is 2. The number of ketones is 1. The third-order valence-corrected chi connectivity index (χ3v) is 3.77.